The van der Waals surface area contributed by atoms with E-state index < -0.39 is 0 Å². The fourth-order valence-electron chi connectivity index (χ4n) is 0. The van der Waals surface area contributed by atoms with Crippen molar-refractivity contribution >= 4 is 0 Å². The van der Waals surface area contributed by atoms with Gasteiger partial charge < -0.3 is 6.92 Å². The molecule has 5 heavy (non-hydrogen) atoms. The Labute approximate surface area is 45.1 Å². The molecular formula is C4H5Li. The zero-order valence-electron chi connectivity index (χ0n) is 3.49. The number of hydrogen-bond acceptors (Lipinski definition) is 0. The van der Waals surface area contributed by atoms with Gasteiger partial charge in [-0.1, -0.05) is 0 Å². The van der Waals surface area contributed by atoms with Crippen LogP contribution in [0.4, 0.5) is 0 Å². The van der Waals surface area contributed by atoms with Gasteiger partial charge in [0.25, 0.3) is 0 Å². The van der Waals surface area contributed by atoms with E-state index >= 15 is 0 Å². The van der Waals surface area contributed by atoms with Crippen molar-refractivity contribution in [3.8, 4) is 12.3 Å². The van der Waals surface area contributed by atoms with Gasteiger partial charge in [0.2, 0.25) is 0 Å². The molecule has 0 bridgehead atoms. The summed E-state index contributed by atoms with van der Waals surface area (Å²) in [5.74, 6) is 2.32. The molecule has 0 heterocycles. The predicted molar refractivity (Wildman–Crippen MR) is 18.8 cm³/mol. The maximum absolute atomic E-state index is 4.72. The Morgan fingerprint density at radius 1 is 1.80 bits per heavy atom. The molecule has 0 aliphatic rings. The molecule has 0 aliphatic carbocycles. The van der Waals surface area contributed by atoms with Crippen molar-refractivity contribution in [2.45, 2.75) is 6.42 Å². The molecule has 0 unspecified atom stereocenters. The monoisotopic (exact) mass is 60.1 g/mol. The van der Waals surface area contributed by atoms with E-state index in [0.29, 0.717) is 6.42 Å². The minimum absolute atomic E-state index is 0. The molecular weight excluding hydrogens is 55.0 g/mol. The largest absolute Gasteiger partial charge is 1.00 e. The molecule has 1 heteroatoms. The first-order valence-electron chi connectivity index (χ1n) is 1.14. The third kappa shape index (κ3) is 14.4. The van der Waals surface area contributed by atoms with E-state index in [4.69, 9.17) is 6.42 Å². The summed E-state index contributed by atoms with van der Waals surface area (Å²) in [5.41, 5.74) is 0. The molecule has 0 rings (SSSR count). The van der Waals surface area contributed by atoms with Crippen molar-refractivity contribution in [2.24, 2.45) is 0 Å². The maximum atomic E-state index is 4.72. The molecule has 0 N–H and O–H groups in total. The van der Waals surface area contributed by atoms with Gasteiger partial charge in [-0.2, -0.15) is 0 Å². The van der Waals surface area contributed by atoms with Crippen LogP contribution in [0.15, 0.2) is 0 Å². The van der Waals surface area contributed by atoms with Gasteiger partial charge in [0.05, 0.1) is 0 Å². The fourth-order valence-corrected chi connectivity index (χ4v) is 0. The van der Waals surface area contributed by atoms with Crippen LogP contribution in [-0.2, 0) is 0 Å². The van der Waals surface area contributed by atoms with E-state index in [-0.39, 0.29) is 18.9 Å². The van der Waals surface area contributed by atoms with Crippen LogP contribution in [-0.4, -0.2) is 0 Å². The van der Waals surface area contributed by atoms with Gasteiger partial charge >= 0.3 is 18.9 Å². The molecule has 0 aliphatic heterocycles. The zero-order chi connectivity index (χ0) is 3.41. The zero-order valence-corrected chi connectivity index (χ0v) is 3.49. The van der Waals surface area contributed by atoms with Gasteiger partial charge in [0.1, 0.15) is 0 Å². The van der Waals surface area contributed by atoms with Crippen LogP contribution in [0, 0.1) is 19.3 Å². The van der Waals surface area contributed by atoms with Crippen LogP contribution in [0.2, 0.25) is 0 Å². The summed E-state index contributed by atoms with van der Waals surface area (Å²) < 4.78 is 0. The second kappa shape index (κ2) is 8.90. The smallest absolute Gasteiger partial charge is 0.332 e. The predicted octanol–water partition coefficient (Wildman–Crippen LogP) is -2.15. The summed E-state index contributed by atoms with van der Waals surface area (Å²) in [6.07, 6.45) is 5.31. The molecule has 0 aromatic carbocycles. The van der Waals surface area contributed by atoms with Crippen LogP contribution < -0.4 is 18.9 Å². The summed E-state index contributed by atoms with van der Waals surface area (Å²) in [4.78, 5) is 0. The fraction of sp³-hybridized carbons (Fsp3) is 0.250. The second-order valence-electron chi connectivity index (χ2n) is 0.454. The second-order valence-corrected chi connectivity index (χ2v) is 0.454. The number of terminal acetylenes is 1. The van der Waals surface area contributed by atoms with Crippen LogP contribution in [0.3, 0.4) is 0 Å². The summed E-state index contributed by atoms with van der Waals surface area (Å²) >= 11 is 0. The Morgan fingerprint density at radius 2 is 2.00 bits per heavy atom. The van der Waals surface area contributed by atoms with E-state index in [9.17, 15) is 0 Å². The van der Waals surface area contributed by atoms with Gasteiger partial charge in [0, 0.05) is 0 Å². The van der Waals surface area contributed by atoms with Gasteiger partial charge in [-0.05, 0) is 0 Å². The van der Waals surface area contributed by atoms with Crippen molar-refractivity contribution in [1.82, 2.24) is 0 Å². The van der Waals surface area contributed by atoms with Crippen LogP contribution in [0.25, 0.3) is 0 Å². The average molecular weight is 60.0 g/mol. The summed E-state index contributed by atoms with van der Waals surface area (Å²) in [7, 11) is 0. The van der Waals surface area contributed by atoms with Crippen molar-refractivity contribution in [1.29, 1.82) is 0 Å². The molecule has 0 spiro atoms. The van der Waals surface area contributed by atoms with E-state index in [2.05, 4.69) is 12.8 Å². The summed E-state index contributed by atoms with van der Waals surface area (Å²) in [5, 5.41) is 0. The molecule has 0 radical (unpaired) electrons. The van der Waals surface area contributed by atoms with Crippen molar-refractivity contribution < 1.29 is 18.9 Å². The summed E-state index contributed by atoms with van der Waals surface area (Å²) in [6, 6.07) is 0. The third-order valence-electron chi connectivity index (χ3n) is 0.144. The minimum atomic E-state index is 0. The molecule has 0 aromatic heterocycles. The Balaban J connectivity index is 0. The number of hydrogen-bond donors (Lipinski definition) is 0. The van der Waals surface area contributed by atoms with Crippen LogP contribution in [0.1, 0.15) is 6.42 Å². The molecule has 0 amide bonds. The van der Waals surface area contributed by atoms with E-state index in [1.165, 1.54) is 0 Å². The van der Waals surface area contributed by atoms with Gasteiger partial charge in [-0.15, -0.1) is 18.8 Å². The Morgan fingerprint density at radius 3 is 2.00 bits per heavy atom. The molecule has 0 atom stereocenters. The topological polar surface area (TPSA) is 0 Å². The van der Waals surface area contributed by atoms with Crippen molar-refractivity contribution in [3.63, 3.8) is 0 Å². The molecule has 0 saturated carbocycles. The van der Waals surface area contributed by atoms with E-state index in [1.807, 2.05) is 0 Å². The first-order chi connectivity index (χ1) is 1.91. The normalized spacial score (nSPS) is 4.00. The van der Waals surface area contributed by atoms with Crippen molar-refractivity contribution in [2.75, 3.05) is 0 Å². The first kappa shape index (κ1) is 8.94. The first-order valence-corrected chi connectivity index (χ1v) is 1.14. The van der Waals surface area contributed by atoms with E-state index in [0.717, 1.165) is 0 Å². The van der Waals surface area contributed by atoms with Crippen LogP contribution in [0.5, 0.6) is 0 Å². The number of rotatable bonds is 0. The maximum Gasteiger partial charge on any atom is 1.00 e. The van der Waals surface area contributed by atoms with Gasteiger partial charge in [0.15, 0.2) is 0 Å². The Kier molecular flexibility index (Phi) is 15.9. The standard InChI is InChI=1S/C4H5.Li/c1-3-4-2;/h1H,2,4H2;/q-1;+1. The Hall–Kier alpha value is 0.157. The van der Waals surface area contributed by atoms with Gasteiger partial charge in [-0.25, -0.2) is 0 Å². The molecule has 0 aromatic rings. The Bertz CT molecular complexity index is 33.4. The average Bonchev–Trinajstić information content (AvgIpc) is 1.37. The van der Waals surface area contributed by atoms with Gasteiger partial charge in [-0.3, -0.25) is 0 Å². The van der Waals surface area contributed by atoms with E-state index in [1.54, 1.807) is 0 Å². The SMILES string of the molecule is C#CC[CH2-].[Li+]. The molecule has 22 valence electrons. The van der Waals surface area contributed by atoms with Crippen molar-refractivity contribution in [3.05, 3.63) is 6.92 Å². The molecule has 0 saturated heterocycles. The quantitative estimate of drug-likeness (QED) is 0.170. The molecule has 0 fully saturated rings. The van der Waals surface area contributed by atoms with Crippen LogP contribution >= 0.6 is 0 Å². The molecule has 0 nitrogen and oxygen atoms in total. The third-order valence-corrected chi connectivity index (χ3v) is 0.144. The summed E-state index contributed by atoms with van der Waals surface area (Å²) in [6.45, 7) is 3.37. The minimum Gasteiger partial charge on any atom is -0.332 e.